The predicted octanol–water partition coefficient (Wildman–Crippen LogP) is 1.32. The average molecular weight is 317 g/mol. The zero-order chi connectivity index (χ0) is 15.3. The van der Waals surface area contributed by atoms with Gasteiger partial charge in [0.05, 0.1) is 4.90 Å². The zero-order valence-corrected chi connectivity index (χ0v) is 13.4. The average Bonchev–Trinajstić information content (AvgIpc) is 2.38. The first-order chi connectivity index (χ1) is 9.24. The number of carbonyl (C=O) groups excluding carboxylic acids is 1. The van der Waals surface area contributed by atoms with Crippen LogP contribution < -0.4 is 4.72 Å². The van der Waals surface area contributed by atoms with Crippen molar-refractivity contribution in [2.45, 2.75) is 30.4 Å². The minimum atomic E-state index is -3.58. The van der Waals surface area contributed by atoms with Crippen molar-refractivity contribution >= 4 is 26.6 Å². The molecule has 7 heteroatoms. The second-order valence-electron chi connectivity index (χ2n) is 4.58. The molecule has 0 aromatic heterocycles. The molecule has 2 atom stereocenters. The zero-order valence-electron chi connectivity index (χ0n) is 11.8. The Balaban J connectivity index is 2.69. The van der Waals surface area contributed by atoms with Crippen LogP contribution in [-0.2, 0) is 20.8 Å². The van der Waals surface area contributed by atoms with Crippen molar-refractivity contribution in [3.8, 4) is 0 Å². The third-order valence-corrected chi connectivity index (χ3v) is 5.83. The lowest BCUT2D eigenvalue weighted by Crippen LogP contribution is -2.27. The summed E-state index contributed by atoms with van der Waals surface area (Å²) < 4.78 is 37.6. The predicted molar refractivity (Wildman–Crippen MR) is 79.8 cm³/mol. The molecule has 0 aliphatic heterocycles. The van der Waals surface area contributed by atoms with Crippen LogP contribution in [0.2, 0.25) is 0 Å². The third kappa shape index (κ3) is 4.81. The molecule has 5 nitrogen and oxygen atoms in total. The van der Waals surface area contributed by atoms with Gasteiger partial charge in [0.1, 0.15) is 0 Å². The first-order valence-corrected chi connectivity index (χ1v) is 9.27. The number of nitrogens with one attached hydrogen (secondary N) is 1. The summed E-state index contributed by atoms with van der Waals surface area (Å²) in [6.45, 7) is 3.47. The maximum absolute atomic E-state index is 12.0. The van der Waals surface area contributed by atoms with Gasteiger partial charge in [0.25, 0.3) is 0 Å². The van der Waals surface area contributed by atoms with Gasteiger partial charge in [-0.3, -0.25) is 9.00 Å². The fourth-order valence-electron chi connectivity index (χ4n) is 1.51. The monoisotopic (exact) mass is 317 g/mol. The van der Waals surface area contributed by atoms with E-state index >= 15 is 0 Å². The van der Waals surface area contributed by atoms with Gasteiger partial charge in [-0.15, -0.1) is 0 Å². The topological polar surface area (TPSA) is 80.3 Å². The van der Waals surface area contributed by atoms with Crippen molar-refractivity contribution in [1.82, 2.24) is 4.72 Å². The summed E-state index contributed by atoms with van der Waals surface area (Å²) >= 11 is 0. The molecule has 0 fully saturated rings. The Hall–Kier alpha value is -1.05. The largest absolute Gasteiger partial charge is 0.295 e. The lowest BCUT2D eigenvalue weighted by atomic mass is 10.2. The Morgan fingerprint density at radius 1 is 1.30 bits per heavy atom. The van der Waals surface area contributed by atoms with E-state index in [-0.39, 0.29) is 22.5 Å². The van der Waals surface area contributed by atoms with Gasteiger partial charge in [-0.1, -0.05) is 19.1 Å². The molecule has 1 rings (SSSR count). The molecule has 0 amide bonds. The smallest absolute Gasteiger partial charge is 0.240 e. The number of sulfonamides is 1. The minimum Gasteiger partial charge on any atom is -0.295 e. The van der Waals surface area contributed by atoms with Gasteiger partial charge in [0, 0.05) is 34.4 Å². The lowest BCUT2D eigenvalue weighted by molar-refractivity contribution is 0.101. The molecule has 0 heterocycles. The molecule has 2 unspecified atom stereocenters. The standard InChI is InChI=1S/C13H19NO4S2/c1-10(19(3)16)8-9-14-20(17,18)13-6-4-12(5-7-13)11(2)15/h4-7,10,14H,8-9H2,1-3H3. The SMILES string of the molecule is CC(=O)c1ccc(S(=O)(=O)NCCC(C)S(C)=O)cc1. The Morgan fingerprint density at radius 3 is 2.30 bits per heavy atom. The van der Waals surface area contributed by atoms with Crippen LogP contribution in [0.25, 0.3) is 0 Å². The van der Waals surface area contributed by atoms with Crippen LogP contribution in [-0.4, -0.2) is 36.5 Å². The van der Waals surface area contributed by atoms with Gasteiger partial charge < -0.3 is 0 Å². The molecule has 112 valence electrons. The van der Waals surface area contributed by atoms with E-state index in [0.29, 0.717) is 12.0 Å². The van der Waals surface area contributed by atoms with Crippen molar-refractivity contribution in [2.24, 2.45) is 0 Å². The van der Waals surface area contributed by atoms with Crippen LogP contribution in [0, 0.1) is 0 Å². The highest BCUT2D eigenvalue weighted by molar-refractivity contribution is 7.89. The second-order valence-corrected chi connectivity index (χ2v) is 8.15. The van der Waals surface area contributed by atoms with Crippen LogP contribution in [0.5, 0.6) is 0 Å². The van der Waals surface area contributed by atoms with Crippen molar-refractivity contribution in [3.05, 3.63) is 29.8 Å². The molecule has 0 spiro atoms. The fourth-order valence-corrected chi connectivity index (χ4v) is 3.01. The normalized spacial score (nSPS) is 14.8. The number of rotatable bonds is 7. The van der Waals surface area contributed by atoms with E-state index in [4.69, 9.17) is 0 Å². The Morgan fingerprint density at radius 2 is 1.85 bits per heavy atom. The number of hydrogen-bond donors (Lipinski definition) is 1. The highest BCUT2D eigenvalue weighted by Gasteiger charge is 2.15. The van der Waals surface area contributed by atoms with E-state index < -0.39 is 20.8 Å². The van der Waals surface area contributed by atoms with E-state index in [9.17, 15) is 17.4 Å². The highest BCUT2D eigenvalue weighted by atomic mass is 32.2. The molecule has 0 radical (unpaired) electrons. The summed E-state index contributed by atoms with van der Waals surface area (Å²) in [6, 6.07) is 5.78. The molecule has 20 heavy (non-hydrogen) atoms. The molecule has 0 aliphatic carbocycles. The summed E-state index contributed by atoms with van der Waals surface area (Å²) in [7, 11) is -4.55. The Kier molecular flexibility index (Phi) is 6.04. The lowest BCUT2D eigenvalue weighted by Gasteiger charge is -2.10. The highest BCUT2D eigenvalue weighted by Crippen LogP contribution is 2.11. The molecule has 0 saturated heterocycles. The first kappa shape index (κ1) is 17.0. The summed E-state index contributed by atoms with van der Waals surface area (Å²) in [4.78, 5) is 11.2. The molecule has 0 saturated carbocycles. The number of Topliss-reactive ketones (excluding diaryl/α,β-unsaturated/α-hetero) is 1. The molecule has 0 bridgehead atoms. The fraction of sp³-hybridized carbons (Fsp3) is 0.462. The van der Waals surface area contributed by atoms with Gasteiger partial charge in [-0.2, -0.15) is 0 Å². The van der Waals surface area contributed by atoms with E-state index in [0.717, 1.165) is 0 Å². The van der Waals surface area contributed by atoms with Crippen LogP contribution in [0.15, 0.2) is 29.2 Å². The quantitative estimate of drug-likeness (QED) is 0.769. The van der Waals surface area contributed by atoms with Gasteiger partial charge in [-0.25, -0.2) is 13.1 Å². The maximum Gasteiger partial charge on any atom is 0.240 e. The summed E-state index contributed by atoms with van der Waals surface area (Å²) in [5, 5.41) is -0.0576. The third-order valence-electron chi connectivity index (χ3n) is 2.98. The van der Waals surface area contributed by atoms with E-state index in [1.165, 1.54) is 31.2 Å². The van der Waals surface area contributed by atoms with E-state index in [1.807, 2.05) is 6.92 Å². The molecule has 1 N–H and O–H groups in total. The van der Waals surface area contributed by atoms with Crippen molar-refractivity contribution < 1.29 is 17.4 Å². The van der Waals surface area contributed by atoms with E-state index in [1.54, 1.807) is 6.26 Å². The number of benzene rings is 1. The molecule has 0 aliphatic rings. The molecular formula is C13H19NO4S2. The Labute approximate surface area is 122 Å². The van der Waals surface area contributed by atoms with Crippen LogP contribution in [0.3, 0.4) is 0 Å². The van der Waals surface area contributed by atoms with Gasteiger partial charge >= 0.3 is 0 Å². The summed E-state index contributed by atoms with van der Waals surface area (Å²) in [6.07, 6.45) is 2.10. The molecule has 1 aromatic rings. The van der Waals surface area contributed by atoms with Gasteiger partial charge in [0.2, 0.25) is 10.0 Å². The van der Waals surface area contributed by atoms with Crippen LogP contribution in [0.1, 0.15) is 30.6 Å². The number of ketones is 1. The van der Waals surface area contributed by atoms with Crippen LogP contribution >= 0.6 is 0 Å². The Bertz CT molecular complexity index is 593. The minimum absolute atomic E-state index is 0.0576. The maximum atomic E-state index is 12.0. The number of carbonyl (C=O) groups is 1. The number of hydrogen-bond acceptors (Lipinski definition) is 4. The molecule has 1 aromatic carbocycles. The van der Waals surface area contributed by atoms with Crippen molar-refractivity contribution in [1.29, 1.82) is 0 Å². The van der Waals surface area contributed by atoms with Crippen LogP contribution in [0.4, 0.5) is 0 Å². The van der Waals surface area contributed by atoms with Gasteiger partial charge in [-0.05, 0) is 25.5 Å². The van der Waals surface area contributed by atoms with Crippen molar-refractivity contribution in [3.63, 3.8) is 0 Å². The first-order valence-electron chi connectivity index (χ1n) is 6.17. The second kappa shape index (κ2) is 7.10. The molecular weight excluding hydrogens is 298 g/mol. The van der Waals surface area contributed by atoms with Gasteiger partial charge in [0.15, 0.2) is 5.78 Å². The van der Waals surface area contributed by atoms with E-state index in [2.05, 4.69) is 4.72 Å². The van der Waals surface area contributed by atoms with Crippen molar-refractivity contribution in [2.75, 3.05) is 12.8 Å². The summed E-state index contributed by atoms with van der Waals surface area (Å²) in [5.74, 6) is -0.110. The summed E-state index contributed by atoms with van der Waals surface area (Å²) in [5.41, 5.74) is 0.471.